The average molecular weight is 485 g/mol. The zero-order valence-electron chi connectivity index (χ0n) is 20.1. The lowest BCUT2D eigenvalue weighted by molar-refractivity contribution is 0.0575. The molecule has 0 aromatic carbocycles. The maximum Gasteiger partial charge on any atom is 0.416 e. The molecule has 0 saturated carbocycles. The predicted octanol–water partition coefficient (Wildman–Crippen LogP) is 6.76. The SMILES string of the molecule is CCCCOc1c2cc(Cl)c(Cl)c(=O)c-2cn(C)c1N(CCC(C)C)C(=O)OC(C)(C)C. The summed E-state index contributed by atoms with van der Waals surface area (Å²) < 4.78 is 13.6. The van der Waals surface area contributed by atoms with Crippen molar-refractivity contribution in [2.24, 2.45) is 13.0 Å². The molecule has 1 aliphatic heterocycles. The molecule has 0 spiro atoms. The predicted molar refractivity (Wildman–Crippen MR) is 132 cm³/mol. The van der Waals surface area contributed by atoms with Crippen molar-refractivity contribution >= 4 is 35.1 Å². The lowest BCUT2D eigenvalue weighted by Gasteiger charge is -2.31. The van der Waals surface area contributed by atoms with Crippen molar-refractivity contribution in [3.05, 3.63) is 32.5 Å². The van der Waals surface area contributed by atoms with E-state index >= 15 is 0 Å². The molecule has 0 N–H and O–H groups in total. The molecule has 32 heavy (non-hydrogen) atoms. The van der Waals surface area contributed by atoms with E-state index in [0.29, 0.717) is 41.8 Å². The minimum absolute atomic E-state index is 0.0322. The first-order chi connectivity index (χ1) is 14.9. The normalized spacial score (nSPS) is 11.8. The first-order valence-electron chi connectivity index (χ1n) is 11.0. The molecular formula is C24H34Cl2N2O4. The molecular weight excluding hydrogens is 451 g/mol. The minimum atomic E-state index is -0.662. The van der Waals surface area contributed by atoms with Crippen LogP contribution in [0.15, 0.2) is 17.1 Å². The van der Waals surface area contributed by atoms with Crippen LogP contribution in [0.4, 0.5) is 10.6 Å². The molecule has 178 valence electrons. The van der Waals surface area contributed by atoms with Crippen molar-refractivity contribution in [1.29, 1.82) is 0 Å². The molecule has 0 bridgehead atoms. The standard InChI is InChI=1S/C24H34Cl2N2O4/c1-8-9-12-31-21-16-13-18(25)19(26)20(29)17(16)14-27(7)22(21)28(11-10-15(2)3)23(30)32-24(4,5)6/h13-15H,8-12H2,1-7H3. The molecule has 1 amide bonds. The van der Waals surface area contributed by atoms with Gasteiger partial charge >= 0.3 is 6.09 Å². The number of nitrogens with zero attached hydrogens (tertiary/aromatic N) is 2. The van der Waals surface area contributed by atoms with E-state index in [1.54, 1.807) is 28.8 Å². The molecule has 0 saturated heterocycles. The summed E-state index contributed by atoms with van der Waals surface area (Å²) in [4.78, 5) is 27.6. The van der Waals surface area contributed by atoms with Crippen LogP contribution >= 0.6 is 23.2 Å². The monoisotopic (exact) mass is 484 g/mol. The molecule has 8 heteroatoms. The Labute approximate surface area is 200 Å². The molecule has 0 radical (unpaired) electrons. The second-order valence-electron chi connectivity index (χ2n) is 9.37. The van der Waals surface area contributed by atoms with Crippen molar-refractivity contribution in [2.75, 3.05) is 18.1 Å². The highest BCUT2D eigenvalue weighted by Crippen LogP contribution is 2.42. The van der Waals surface area contributed by atoms with E-state index in [4.69, 9.17) is 32.7 Å². The summed E-state index contributed by atoms with van der Waals surface area (Å²) in [7, 11) is 1.77. The van der Waals surface area contributed by atoms with Gasteiger partial charge in [-0.3, -0.25) is 9.69 Å². The summed E-state index contributed by atoms with van der Waals surface area (Å²) in [5.41, 5.74) is -0.135. The number of aromatic nitrogens is 1. The van der Waals surface area contributed by atoms with Gasteiger partial charge in [0.2, 0.25) is 5.43 Å². The zero-order chi connectivity index (χ0) is 24.2. The van der Waals surface area contributed by atoms with E-state index < -0.39 is 11.7 Å². The summed E-state index contributed by atoms with van der Waals surface area (Å²) >= 11 is 12.4. The Morgan fingerprint density at radius 3 is 2.44 bits per heavy atom. The summed E-state index contributed by atoms with van der Waals surface area (Å²) in [5, 5.41) is 0.116. The van der Waals surface area contributed by atoms with Gasteiger partial charge in [0.25, 0.3) is 0 Å². The van der Waals surface area contributed by atoms with E-state index in [1.807, 2.05) is 20.8 Å². The Balaban J connectivity index is 2.77. The van der Waals surface area contributed by atoms with Crippen LogP contribution in [-0.2, 0) is 11.8 Å². The number of pyridine rings is 1. The lowest BCUT2D eigenvalue weighted by Crippen LogP contribution is -2.39. The van der Waals surface area contributed by atoms with Crippen LogP contribution in [0.1, 0.15) is 60.8 Å². The van der Waals surface area contributed by atoms with Gasteiger partial charge in [0, 0.05) is 25.4 Å². The zero-order valence-corrected chi connectivity index (χ0v) is 21.6. The van der Waals surface area contributed by atoms with Crippen LogP contribution < -0.4 is 15.1 Å². The number of rotatable bonds is 8. The third-order valence-electron chi connectivity index (χ3n) is 4.86. The molecule has 0 unspecified atom stereocenters. The number of carbonyl (C=O) groups excluding carboxylic acids is 1. The van der Waals surface area contributed by atoms with E-state index in [2.05, 4.69) is 20.8 Å². The number of benzene rings is 1. The fraction of sp³-hybridized carbons (Fsp3) is 0.583. The smallest absolute Gasteiger partial charge is 0.416 e. The fourth-order valence-corrected chi connectivity index (χ4v) is 3.58. The maximum absolute atomic E-state index is 13.3. The minimum Gasteiger partial charge on any atom is -0.489 e. The van der Waals surface area contributed by atoms with Crippen LogP contribution in [0.3, 0.4) is 0 Å². The summed E-state index contributed by atoms with van der Waals surface area (Å²) in [6, 6.07) is 1.63. The van der Waals surface area contributed by atoms with Gasteiger partial charge < -0.3 is 14.0 Å². The van der Waals surface area contributed by atoms with Crippen LogP contribution in [0.25, 0.3) is 11.1 Å². The Morgan fingerprint density at radius 1 is 1.22 bits per heavy atom. The highest BCUT2D eigenvalue weighted by Gasteiger charge is 2.31. The molecule has 2 aliphatic rings. The van der Waals surface area contributed by atoms with Crippen molar-refractivity contribution in [2.45, 2.75) is 66.4 Å². The Kier molecular flexibility index (Phi) is 8.89. The number of halogens is 2. The van der Waals surface area contributed by atoms with Gasteiger partial charge in [0.15, 0.2) is 11.6 Å². The molecule has 1 heterocycles. The summed E-state index contributed by atoms with van der Waals surface area (Å²) in [6.07, 6.45) is 3.71. The van der Waals surface area contributed by atoms with Gasteiger partial charge in [-0.15, -0.1) is 0 Å². The number of unbranched alkanes of at least 4 members (excludes halogenated alkanes) is 1. The quantitative estimate of drug-likeness (QED) is 0.388. The van der Waals surface area contributed by atoms with Gasteiger partial charge in [0.1, 0.15) is 10.6 Å². The van der Waals surface area contributed by atoms with E-state index in [1.165, 1.54) is 0 Å². The van der Waals surface area contributed by atoms with Crippen molar-refractivity contribution in [1.82, 2.24) is 4.57 Å². The van der Waals surface area contributed by atoms with Gasteiger partial charge in [-0.25, -0.2) is 4.79 Å². The number of fused-ring (bicyclic) bond motifs is 1. The number of hydrogen-bond donors (Lipinski definition) is 0. The first-order valence-corrected chi connectivity index (χ1v) is 11.8. The van der Waals surface area contributed by atoms with Crippen LogP contribution in [0, 0.1) is 5.92 Å². The molecule has 6 nitrogen and oxygen atoms in total. The Bertz CT molecular complexity index is 980. The number of amides is 1. The maximum atomic E-state index is 13.3. The molecule has 2 rings (SSSR count). The molecule has 0 atom stereocenters. The number of ether oxygens (including phenoxy) is 2. The van der Waals surface area contributed by atoms with Crippen molar-refractivity contribution < 1.29 is 14.3 Å². The summed E-state index contributed by atoms with van der Waals surface area (Å²) in [6.45, 7) is 12.6. The fourth-order valence-electron chi connectivity index (χ4n) is 3.23. The third-order valence-corrected chi connectivity index (χ3v) is 5.63. The largest absolute Gasteiger partial charge is 0.489 e. The van der Waals surface area contributed by atoms with Crippen LogP contribution in [0.5, 0.6) is 5.75 Å². The third kappa shape index (κ3) is 6.32. The number of aryl methyl sites for hydroxylation is 1. The number of hydrogen-bond acceptors (Lipinski definition) is 4. The second kappa shape index (κ2) is 10.8. The highest BCUT2D eigenvalue weighted by molar-refractivity contribution is 6.42. The number of anilines is 1. The van der Waals surface area contributed by atoms with E-state index in [-0.39, 0.29) is 15.5 Å². The van der Waals surface area contributed by atoms with E-state index in [9.17, 15) is 9.59 Å². The molecule has 0 aromatic rings. The molecule has 0 aromatic heterocycles. The topological polar surface area (TPSA) is 60.8 Å². The Morgan fingerprint density at radius 2 is 1.88 bits per heavy atom. The van der Waals surface area contributed by atoms with E-state index in [0.717, 1.165) is 19.3 Å². The highest BCUT2D eigenvalue weighted by atomic mass is 35.5. The average Bonchev–Trinajstić information content (AvgIpc) is 2.67. The van der Waals surface area contributed by atoms with Crippen LogP contribution in [-0.4, -0.2) is 29.4 Å². The van der Waals surface area contributed by atoms with Gasteiger partial charge in [-0.2, -0.15) is 0 Å². The van der Waals surface area contributed by atoms with Crippen molar-refractivity contribution in [3.8, 4) is 16.9 Å². The van der Waals surface area contributed by atoms with Crippen molar-refractivity contribution in [3.63, 3.8) is 0 Å². The molecule has 1 aliphatic carbocycles. The van der Waals surface area contributed by atoms with Gasteiger partial charge in [-0.05, 0) is 45.6 Å². The number of carbonyl (C=O) groups is 1. The second-order valence-corrected chi connectivity index (χ2v) is 10.2. The van der Waals surface area contributed by atoms with Crippen LogP contribution in [0.2, 0.25) is 10.0 Å². The Hall–Kier alpha value is -1.92. The lowest BCUT2D eigenvalue weighted by atomic mass is 10.0. The molecule has 0 fully saturated rings. The van der Waals surface area contributed by atoms with Gasteiger partial charge in [0.05, 0.1) is 17.2 Å². The van der Waals surface area contributed by atoms with Gasteiger partial charge in [-0.1, -0.05) is 50.4 Å². The summed E-state index contributed by atoms with van der Waals surface area (Å²) in [5.74, 6) is 1.31. The first kappa shape index (κ1) is 26.3.